The third kappa shape index (κ3) is 4.22. The Morgan fingerprint density at radius 3 is 2.58 bits per heavy atom. The minimum atomic E-state index is -0.223. The normalized spacial score (nSPS) is 10.8. The number of nitrogens with one attached hydrogen (secondary N) is 2. The minimum absolute atomic E-state index is 0.0213. The standard InChI is InChI=1S/C15H22N6O2S/c1-5-6-16-13(23)8-17-12(22)7-11-9(2)18-14-19-15(24-4)20-21(14)10(11)3/h5-8H2,1-4H3,(H,16,23)(H,17,22). The van der Waals surface area contributed by atoms with Crippen LogP contribution in [-0.4, -0.2) is 50.7 Å². The maximum absolute atomic E-state index is 12.1. The van der Waals surface area contributed by atoms with E-state index in [1.807, 2.05) is 27.0 Å². The van der Waals surface area contributed by atoms with Crippen LogP contribution in [0.2, 0.25) is 0 Å². The molecular formula is C15H22N6O2S. The van der Waals surface area contributed by atoms with E-state index < -0.39 is 0 Å². The zero-order valence-electron chi connectivity index (χ0n) is 14.3. The molecule has 0 bridgehead atoms. The van der Waals surface area contributed by atoms with Gasteiger partial charge in [-0.15, -0.1) is 5.10 Å². The molecule has 2 amide bonds. The quantitative estimate of drug-likeness (QED) is 0.711. The van der Waals surface area contributed by atoms with Crippen LogP contribution in [0, 0.1) is 13.8 Å². The van der Waals surface area contributed by atoms with Crippen LogP contribution in [0.5, 0.6) is 0 Å². The molecule has 0 aliphatic heterocycles. The second-order valence-electron chi connectivity index (χ2n) is 5.37. The predicted octanol–water partition coefficient (Wildman–Crippen LogP) is 0.648. The molecule has 2 aromatic heterocycles. The number of amides is 2. The van der Waals surface area contributed by atoms with E-state index in [0.717, 1.165) is 23.4 Å². The van der Waals surface area contributed by atoms with E-state index in [-0.39, 0.29) is 24.8 Å². The lowest BCUT2D eigenvalue weighted by molar-refractivity contribution is -0.125. The Kier molecular flexibility index (Phi) is 6.13. The number of fused-ring (bicyclic) bond motifs is 1. The van der Waals surface area contributed by atoms with Gasteiger partial charge in [-0.3, -0.25) is 9.59 Å². The lowest BCUT2D eigenvalue weighted by Gasteiger charge is -2.10. The third-order valence-electron chi connectivity index (χ3n) is 3.57. The first-order valence-corrected chi connectivity index (χ1v) is 8.99. The van der Waals surface area contributed by atoms with Crippen LogP contribution in [0.3, 0.4) is 0 Å². The Balaban J connectivity index is 2.08. The van der Waals surface area contributed by atoms with E-state index in [0.29, 0.717) is 17.5 Å². The highest BCUT2D eigenvalue weighted by Gasteiger charge is 2.16. The molecule has 2 rings (SSSR count). The van der Waals surface area contributed by atoms with Gasteiger partial charge in [0.25, 0.3) is 5.78 Å². The van der Waals surface area contributed by atoms with Crippen LogP contribution in [0.4, 0.5) is 0 Å². The average Bonchev–Trinajstić information content (AvgIpc) is 2.98. The van der Waals surface area contributed by atoms with Crippen LogP contribution < -0.4 is 10.6 Å². The van der Waals surface area contributed by atoms with E-state index in [1.165, 1.54) is 11.8 Å². The SMILES string of the molecule is CCCNC(=O)CNC(=O)Cc1c(C)nc2nc(SC)nn2c1C. The molecule has 0 fully saturated rings. The van der Waals surface area contributed by atoms with Crippen molar-refractivity contribution in [3.8, 4) is 0 Å². The molecule has 0 unspecified atom stereocenters. The molecule has 0 radical (unpaired) electrons. The summed E-state index contributed by atoms with van der Waals surface area (Å²) in [5.41, 5.74) is 2.37. The number of hydrogen-bond donors (Lipinski definition) is 2. The van der Waals surface area contributed by atoms with Crippen molar-refractivity contribution in [2.45, 2.75) is 38.8 Å². The number of rotatable bonds is 7. The van der Waals surface area contributed by atoms with Gasteiger partial charge in [0.2, 0.25) is 17.0 Å². The van der Waals surface area contributed by atoms with E-state index in [4.69, 9.17) is 0 Å². The predicted molar refractivity (Wildman–Crippen MR) is 92.1 cm³/mol. The summed E-state index contributed by atoms with van der Waals surface area (Å²) in [5.74, 6) is 0.116. The van der Waals surface area contributed by atoms with Crippen LogP contribution in [0.15, 0.2) is 5.16 Å². The number of aryl methyl sites for hydroxylation is 2. The largest absolute Gasteiger partial charge is 0.355 e. The van der Waals surface area contributed by atoms with Crippen molar-refractivity contribution in [1.82, 2.24) is 30.2 Å². The highest BCUT2D eigenvalue weighted by molar-refractivity contribution is 7.98. The smallest absolute Gasteiger partial charge is 0.253 e. The fourth-order valence-corrected chi connectivity index (χ4v) is 2.60. The minimum Gasteiger partial charge on any atom is -0.355 e. The molecule has 9 heteroatoms. The van der Waals surface area contributed by atoms with Gasteiger partial charge in [0.15, 0.2) is 0 Å². The van der Waals surface area contributed by atoms with Gasteiger partial charge in [-0.1, -0.05) is 18.7 Å². The Morgan fingerprint density at radius 1 is 1.17 bits per heavy atom. The average molecular weight is 350 g/mol. The molecule has 0 saturated heterocycles. The highest BCUT2D eigenvalue weighted by Crippen LogP contribution is 2.17. The van der Waals surface area contributed by atoms with Gasteiger partial charge in [0, 0.05) is 23.5 Å². The molecular weight excluding hydrogens is 328 g/mol. The van der Waals surface area contributed by atoms with Gasteiger partial charge in [-0.25, -0.2) is 9.50 Å². The molecule has 24 heavy (non-hydrogen) atoms. The number of thioether (sulfide) groups is 1. The molecule has 0 aliphatic carbocycles. The Labute approximate surface area is 144 Å². The van der Waals surface area contributed by atoms with Crippen molar-refractivity contribution >= 4 is 29.4 Å². The van der Waals surface area contributed by atoms with E-state index in [9.17, 15) is 9.59 Å². The number of nitrogens with zero attached hydrogens (tertiary/aromatic N) is 4. The maximum Gasteiger partial charge on any atom is 0.253 e. The summed E-state index contributed by atoms with van der Waals surface area (Å²) in [7, 11) is 0. The first-order chi connectivity index (χ1) is 11.5. The first-order valence-electron chi connectivity index (χ1n) is 7.76. The summed E-state index contributed by atoms with van der Waals surface area (Å²) >= 11 is 1.44. The molecule has 2 aromatic rings. The number of aromatic nitrogens is 4. The van der Waals surface area contributed by atoms with Crippen molar-refractivity contribution in [1.29, 1.82) is 0 Å². The first kappa shape index (κ1) is 18.2. The summed E-state index contributed by atoms with van der Waals surface area (Å²) in [4.78, 5) is 32.4. The molecule has 0 aromatic carbocycles. The van der Waals surface area contributed by atoms with Crippen molar-refractivity contribution < 1.29 is 9.59 Å². The zero-order valence-corrected chi connectivity index (χ0v) is 15.2. The van der Waals surface area contributed by atoms with E-state index in [2.05, 4.69) is 25.7 Å². The van der Waals surface area contributed by atoms with Crippen LogP contribution in [0.25, 0.3) is 5.78 Å². The van der Waals surface area contributed by atoms with Crippen LogP contribution >= 0.6 is 11.8 Å². The van der Waals surface area contributed by atoms with Crippen molar-refractivity contribution in [3.63, 3.8) is 0 Å². The van der Waals surface area contributed by atoms with Gasteiger partial charge in [-0.05, 0) is 26.5 Å². The Hall–Kier alpha value is -2.16. The molecule has 0 saturated carbocycles. The summed E-state index contributed by atoms with van der Waals surface area (Å²) in [6.45, 7) is 6.29. The van der Waals surface area contributed by atoms with Gasteiger partial charge in [0.1, 0.15) is 0 Å². The second kappa shape index (κ2) is 8.09. The van der Waals surface area contributed by atoms with Gasteiger partial charge >= 0.3 is 0 Å². The van der Waals surface area contributed by atoms with E-state index in [1.54, 1.807) is 4.52 Å². The summed E-state index contributed by atoms with van der Waals surface area (Å²) < 4.78 is 1.65. The molecule has 2 heterocycles. The van der Waals surface area contributed by atoms with E-state index >= 15 is 0 Å². The maximum atomic E-state index is 12.1. The van der Waals surface area contributed by atoms with Crippen molar-refractivity contribution in [3.05, 3.63) is 17.0 Å². The van der Waals surface area contributed by atoms with Gasteiger partial charge in [0.05, 0.1) is 13.0 Å². The molecule has 0 spiro atoms. The Bertz CT molecular complexity index is 758. The molecule has 130 valence electrons. The monoisotopic (exact) mass is 350 g/mol. The van der Waals surface area contributed by atoms with Crippen LogP contribution in [0.1, 0.15) is 30.3 Å². The van der Waals surface area contributed by atoms with Gasteiger partial charge in [-0.2, -0.15) is 4.98 Å². The van der Waals surface area contributed by atoms with Crippen LogP contribution in [-0.2, 0) is 16.0 Å². The molecule has 0 atom stereocenters. The topological polar surface area (TPSA) is 101 Å². The Morgan fingerprint density at radius 2 is 1.92 bits per heavy atom. The summed E-state index contributed by atoms with van der Waals surface area (Å²) in [6, 6.07) is 0. The van der Waals surface area contributed by atoms with Crippen molar-refractivity contribution in [2.24, 2.45) is 0 Å². The third-order valence-corrected chi connectivity index (χ3v) is 4.11. The molecule has 8 nitrogen and oxygen atoms in total. The number of carbonyl (C=O) groups excluding carboxylic acids is 2. The fourth-order valence-electron chi connectivity index (χ4n) is 2.26. The molecule has 0 aliphatic rings. The fraction of sp³-hybridized carbons (Fsp3) is 0.533. The van der Waals surface area contributed by atoms with Gasteiger partial charge < -0.3 is 10.6 Å². The highest BCUT2D eigenvalue weighted by atomic mass is 32.2. The lowest BCUT2D eigenvalue weighted by atomic mass is 10.1. The zero-order chi connectivity index (χ0) is 17.7. The molecule has 2 N–H and O–H groups in total. The summed E-state index contributed by atoms with van der Waals surface area (Å²) in [5, 5.41) is 10.3. The van der Waals surface area contributed by atoms with Crippen molar-refractivity contribution in [2.75, 3.05) is 19.3 Å². The second-order valence-corrected chi connectivity index (χ2v) is 6.15. The number of hydrogen-bond acceptors (Lipinski definition) is 6. The lowest BCUT2D eigenvalue weighted by Crippen LogP contribution is -2.38. The number of carbonyl (C=O) groups is 2. The summed E-state index contributed by atoms with van der Waals surface area (Å²) in [6.07, 6.45) is 2.91.